The summed E-state index contributed by atoms with van der Waals surface area (Å²) in [6.45, 7) is 10.3. The molecule has 0 unspecified atom stereocenters. The van der Waals surface area contributed by atoms with E-state index >= 15 is 0 Å². The van der Waals surface area contributed by atoms with Gasteiger partial charge in [0.1, 0.15) is 0 Å². The third-order valence-electron chi connectivity index (χ3n) is 6.71. The average molecular weight is 334 g/mol. The molecule has 2 fully saturated rings. The average Bonchev–Trinajstić information content (AvgIpc) is 2.45. The van der Waals surface area contributed by atoms with Crippen LogP contribution in [0.25, 0.3) is 0 Å². The lowest BCUT2D eigenvalue weighted by Gasteiger charge is -2.57. The molecule has 2 rings (SSSR count). The number of hydrogen-bond acceptors (Lipinski definition) is 2. The zero-order valence-corrected chi connectivity index (χ0v) is 15.1. The van der Waals surface area contributed by atoms with Crippen molar-refractivity contribution in [3.8, 4) is 0 Å². The largest absolute Gasteiger partial charge is 0.481 e. The maximum Gasteiger partial charge on any atom is 0.328 e. The van der Waals surface area contributed by atoms with Gasteiger partial charge in [-0.15, -0.1) is 0 Å². The van der Waals surface area contributed by atoms with Crippen molar-refractivity contribution in [3.63, 3.8) is 0 Å². The Morgan fingerprint density at radius 2 is 1.96 bits per heavy atom. The SMILES string of the molecule is C=C1CC[C@@H]2[C@](C)(CCC[C@]2(C)C(=O)O)[C@@H]1CC/C(C)=C\C(=O)O. The van der Waals surface area contributed by atoms with Crippen molar-refractivity contribution in [3.05, 3.63) is 23.8 Å². The van der Waals surface area contributed by atoms with Gasteiger partial charge in [-0.2, -0.15) is 0 Å². The lowest BCUT2D eigenvalue weighted by atomic mass is 9.46. The summed E-state index contributed by atoms with van der Waals surface area (Å²) in [5.41, 5.74) is 1.37. The van der Waals surface area contributed by atoms with Crippen molar-refractivity contribution in [1.82, 2.24) is 0 Å². The van der Waals surface area contributed by atoms with Crippen LogP contribution in [0, 0.1) is 22.7 Å². The summed E-state index contributed by atoms with van der Waals surface area (Å²) >= 11 is 0. The fraction of sp³-hybridized carbons (Fsp3) is 0.700. The Hall–Kier alpha value is -1.58. The van der Waals surface area contributed by atoms with E-state index in [4.69, 9.17) is 5.11 Å². The van der Waals surface area contributed by atoms with E-state index in [2.05, 4.69) is 13.5 Å². The molecule has 0 aromatic carbocycles. The first-order valence-corrected chi connectivity index (χ1v) is 8.92. The minimum atomic E-state index is -0.907. The molecule has 0 spiro atoms. The van der Waals surface area contributed by atoms with E-state index in [-0.39, 0.29) is 17.3 Å². The molecule has 0 aromatic rings. The summed E-state index contributed by atoms with van der Waals surface area (Å²) < 4.78 is 0. The predicted octanol–water partition coefficient (Wildman–Crippen LogP) is 4.66. The molecule has 0 aliphatic heterocycles. The van der Waals surface area contributed by atoms with Crippen LogP contribution in [0.5, 0.6) is 0 Å². The van der Waals surface area contributed by atoms with E-state index < -0.39 is 17.4 Å². The van der Waals surface area contributed by atoms with Crippen molar-refractivity contribution >= 4 is 11.9 Å². The first kappa shape index (κ1) is 18.8. The Bertz CT molecular complexity index is 576. The van der Waals surface area contributed by atoms with Crippen LogP contribution in [0.2, 0.25) is 0 Å². The molecule has 0 bridgehead atoms. The highest BCUT2D eigenvalue weighted by atomic mass is 16.4. The van der Waals surface area contributed by atoms with E-state index in [1.54, 1.807) is 0 Å². The molecule has 0 heterocycles. The van der Waals surface area contributed by atoms with Crippen LogP contribution in [0.15, 0.2) is 23.8 Å². The lowest BCUT2D eigenvalue weighted by Crippen LogP contribution is -2.53. The molecule has 2 N–H and O–H groups in total. The molecule has 0 aromatic heterocycles. The Kier molecular flexibility index (Phi) is 5.26. The minimum Gasteiger partial charge on any atom is -0.481 e. The van der Waals surface area contributed by atoms with Crippen molar-refractivity contribution in [2.45, 2.75) is 65.7 Å². The second-order valence-corrected chi connectivity index (χ2v) is 8.25. The van der Waals surface area contributed by atoms with Crippen molar-refractivity contribution in [2.24, 2.45) is 22.7 Å². The molecule has 4 atom stereocenters. The summed E-state index contributed by atoms with van der Waals surface area (Å²) in [5, 5.41) is 18.7. The van der Waals surface area contributed by atoms with Crippen LogP contribution >= 0.6 is 0 Å². The Morgan fingerprint density at radius 1 is 1.29 bits per heavy atom. The molecule has 2 aliphatic carbocycles. The van der Waals surface area contributed by atoms with Crippen LogP contribution in [-0.2, 0) is 9.59 Å². The molecule has 2 aliphatic rings. The topological polar surface area (TPSA) is 74.6 Å². The highest BCUT2D eigenvalue weighted by molar-refractivity contribution is 5.80. The smallest absolute Gasteiger partial charge is 0.328 e. The third kappa shape index (κ3) is 3.28. The van der Waals surface area contributed by atoms with E-state index in [9.17, 15) is 14.7 Å². The van der Waals surface area contributed by atoms with Crippen molar-refractivity contribution in [2.75, 3.05) is 0 Å². The minimum absolute atomic E-state index is 0.0514. The van der Waals surface area contributed by atoms with E-state index in [0.29, 0.717) is 0 Å². The van der Waals surface area contributed by atoms with Gasteiger partial charge in [-0.25, -0.2) is 4.79 Å². The van der Waals surface area contributed by atoms with E-state index in [1.165, 1.54) is 11.6 Å². The van der Waals surface area contributed by atoms with Gasteiger partial charge in [0.15, 0.2) is 0 Å². The van der Waals surface area contributed by atoms with Gasteiger partial charge in [0, 0.05) is 6.08 Å². The predicted molar refractivity (Wildman–Crippen MR) is 93.7 cm³/mol. The van der Waals surface area contributed by atoms with E-state index in [0.717, 1.165) is 50.5 Å². The normalized spacial score (nSPS) is 37.0. The zero-order chi connectivity index (χ0) is 18.1. The molecule has 2 saturated carbocycles. The summed E-state index contributed by atoms with van der Waals surface area (Å²) in [4.78, 5) is 22.8. The van der Waals surface area contributed by atoms with E-state index in [1.807, 2.05) is 13.8 Å². The summed E-state index contributed by atoms with van der Waals surface area (Å²) in [6, 6.07) is 0. The zero-order valence-electron chi connectivity index (χ0n) is 15.1. The Balaban J connectivity index is 2.25. The quantitative estimate of drug-likeness (QED) is 0.566. The fourth-order valence-corrected chi connectivity index (χ4v) is 5.39. The number of allylic oxidation sites excluding steroid dienone is 2. The maximum atomic E-state index is 12.0. The molecule has 134 valence electrons. The van der Waals surface area contributed by atoms with Gasteiger partial charge in [-0.1, -0.05) is 31.1 Å². The third-order valence-corrected chi connectivity index (χ3v) is 6.71. The second-order valence-electron chi connectivity index (χ2n) is 8.25. The summed E-state index contributed by atoms with van der Waals surface area (Å²) in [7, 11) is 0. The lowest BCUT2D eigenvalue weighted by molar-refractivity contribution is -0.164. The van der Waals surface area contributed by atoms with Gasteiger partial charge < -0.3 is 10.2 Å². The molecular weight excluding hydrogens is 304 g/mol. The van der Waals surface area contributed by atoms with Gasteiger partial charge in [0.25, 0.3) is 0 Å². The van der Waals surface area contributed by atoms with Crippen LogP contribution in [0.1, 0.15) is 65.7 Å². The Morgan fingerprint density at radius 3 is 2.54 bits per heavy atom. The standard InChI is InChI=1S/C20H30O4/c1-13(12-17(21)22)6-8-15-14(2)7-9-16-19(15,3)10-5-11-20(16,4)18(23)24/h12,15-16H,2,5-11H2,1,3-4H3,(H,21,22)(H,23,24)/b13-12-/t15-,16-,19-,20+/m1/s1. The van der Waals surface area contributed by atoms with Crippen LogP contribution in [-0.4, -0.2) is 22.2 Å². The molecule has 0 saturated heterocycles. The molecule has 4 nitrogen and oxygen atoms in total. The van der Waals surface area contributed by atoms with Gasteiger partial charge in [-0.3, -0.25) is 4.79 Å². The number of carboxylic acid groups (broad SMARTS) is 2. The monoisotopic (exact) mass is 334 g/mol. The Labute approximate surface area is 144 Å². The van der Waals surface area contributed by atoms with Gasteiger partial charge in [-0.05, 0) is 69.6 Å². The molecular formula is C20H30O4. The molecule has 4 heteroatoms. The first-order chi connectivity index (χ1) is 11.1. The second kappa shape index (κ2) is 6.73. The summed E-state index contributed by atoms with van der Waals surface area (Å²) in [6.07, 6.45) is 7.36. The fourth-order valence-electron chi connectivity index (χ4n) is 5.39. The van der Waals surface area contributed by atoms with Gasteiger partial charge in [0.05, 0.1) is 5.41 Å². The molecule has 0 radical (unpaired) electrons. The van der Waals surface area contributed by atoms with Crippen LogP contribution < -0.4 is 0 Å². The number of carboxylic acids is 2. The number of fused-ring (bicyclic) bond motifs is 1. The van der Waals surface area contributed by atoms with Crippen molar-refractivity contribution < 1.29 is 19.8 Å². The van der Waals surface area contributed by atoms with Crippen molar-refractivity contribution in [1.29, 1.82) is 0 Å². The number of aliphatic carboxylic acids is 2. The van der Waals surface area contributed by atoms with Gasteiger partial charge >= 0.3 is 11.9 Å². The first-order valence-electron chi connectivity index (χ1n) is 8.92. The molecule has 0 amide bonds. The number of rotatable bonds is 5. The summed E-state index contributed by atoms with van der Waals surface area (Å²) in [5.74, 6) is -1.15. The number of hydrogen-bond donors (Lipinski definition) is 2. The highest BCUT2D eigenvalue weighted by Crippen LogP contribution is 2.62. The van der Waals surface area contributed by atoms with Crippen LogP contribution in [0.4, 0.5) is 0 Å². The highest BCUT2D eigenvalue weighted by Gasteiger charge is 2.57. The number of carbonyl (C=O) groups is 2. The molecule has 24 heavy (non-hydrogen) atoms. The van der Waals surface area contributed by atoms with Gasteiger partial charge in [0.2, 0.25) is 0 Å². The van der Waals surface area contributed by atoms with Crippen LogP contribution in [0.3, 0.4) is 0 Å². The maximum absolute atomic E-state index is 12.0.